The minimum atomic E-state index is 0.625. The number of anilines is 3. The molecule has 1 aromatic heterocycles. The highest BCUT2D eigenvalue weighted by atomic mass is 15.1. The van der Waals surface area contributed by atoms with Crippen molar-refractivity contribution in [3.63, 3.8) is 0 Å². The van der Waals surface area contributed by atoms with Gasteiger partial charge in [0.15, 0.2) is 0 Å². The van der Waals surface area contributed by atoms with E-state index in [1.165, 1.54) is 11.1 Å². The zero-order valence-electron chi connectivity index (χ0n) is 15.5. The van der Waals surface area contributed by atoms with Gasteiger partial charge in [0.25, 0.3) is 0 Å². The van der Waals surface area contributed by atoms with E-state index >= 15 is 0 Å². The highest BCUT2D eigenvalue weighted by Gasteiger charge is 2.03. The van der Waals surface area contributed by atoms with Crippen LogP contribution in [0.3, 0.4) is 0 Å². The molecule has 0 saturated heterocycles. The average Bonchev–Trinajstić information content (AvgIpc) is 2.66. The van der Waals surface area contributed by atoms with Gasteiger partial charge in [-0.05, 0) is 49.4 Å². The first-order valence-corrected chi connectivity index (χ1v) is 9.22. The van der Waals surface area contributed by atoms with Gasteiger partial charge in [0.1, 0.15) is 5.82 Å². The molecule has 26 heavy (non-hydrogen) atoms. The summed E-state index contributed by atoms with van der Waals surface area (Å²) in [6.07, 6.45) is 3.17. The number of nitrogens with zero attached hydrogens (tertiary/aromatic N) is 2. The van der Waals surface area contributed by atoms with Gasteiger partial charge in [0.2, 0.25) is 5.95 Å². The minimum Gasteiger partial charge on any atom is -0.370 e. The van der Waals surface area contributed by atoms with Gasteiger partial charge in [-0.25, -0.2) is 4.98 Å². The van der Waals surface area contributed by atoms with E-state index in [0.717, 1.165) is 43.0 Å². The van der Waals surface area contributed by atoms with Crippen molar-refractivity contribution in [2.75, 3.05) is 17.2 Å². The molecule has 4 nitrogen and oxygen atoms in total. The SMILES string of the molecule is CCc1ccc(Nc2nc(C)cc(NCCCc3ccccc3)n2)cc1. The second kappa shape index (κ2) is 8.99. The van der Waals surface area contributed by atoms with Crippen LogP contribution in [0.5, 0.6) is 0 Å². The first-order chi connectivity index (χ1) is 12.7. The smallest absolute Gasteiger partial charge is 0.229 e. The highest BCUT2D eigenvalue weighted by Crippen LogP contribution is 2.17. The molecule has 0 spiro atoms. The molecule has 4 heteroatoms. The number of nitrogens with one attached hydrogen (secondary N) is 2. The van der Waals surface area contributed by atoms with E-state index in [2.05, 4.69) is 82.1 Å². The molecular weight excluding hydrogens is 320 g/mol. The first-order valence-electron chi connectivity index (χ1n) is 9.22. The summed E-state index contributed by atoms with van der Waals surface area (Å²) >= 11 is 0. The van der Waals surface area contributed by atoms with Crippen molar-refractivity contribution in [1.82, 2.24) is 9.97 Å². The Morgan fingerprint density at radius 2 is 1.65 bits per heavy atom. The van der Waals surface area contributed by atoms with Crippen molar-refractivity contribution < 1.29 is 0 Å². The summed E-state index contributed by atoms with van der Waals surface area (Å²) in [5.74, 6) is 1.48. The van der Waals surface area contributed by atoms with Crippen LogP contribution in [-0.2, 0) is 12.8 Å². The van der Waals surface area contributed by atoms with Gasteiger partial charge in [-0.1, -0.05) is 49.4 Å². The summed E-state index contributed by atoms with van der Waals surface area (Å²) < 4.78 is 0. The molecular formula is C22H26N4. The molecule has 0 bridgehead atoms. The van der Waals surface area contributed by atoms with Crippen molar-refractivity contribution in [3.8, 4) is 0 Å². The monoisotopic (exact) mass is 346 g/mol. The molecule has 0 amide bonds. The molecule has 1 heterocycles. The molecule has 0 saturated carbocycles. The number of hydrogen-bond donors (Lipinski definition) is 2. The number of aromatic nitrogens is 2. The summed E-state index contributed by atoms with van der Waals surface area (Å²) in [4.78, 5) is 9.07. The van der Waals surface area contributed by atoms with Crippen LogP contribution in [0.15, 0.2) is 60.7 Å². The van der Waals surface area contributed by atoms with Crippen molar-refractivity contribution in [2.24, 2.45) is 0 Å². The molecule has 0 unspecified atom stereocenters. The van der Waals surface area contributed by atoms with E-state index in [0.29, 0.717) is 5.95 Å². The Hall–Kier alpha value is -2.88. The van der Waals surface area contributed by atoms with E-state index in [1.807, 2.05) is 13.0 Å². The van der Waals surface area contributed by atoms with Crippen LogP contribution in [-0.4, -0.2) is 16.5 Å². The van der Waals surface area contributed by atoms with E-state index in [1.54, 1.807) is 0 Å². The van der Waals surface area contributed by atoms with Gasteiger partial charge in [0, 0.05) is 24.0 Å². The van der Waals surface area contributed by atoms with E-state index in [9.17, 15) is 0 Å². The molecule has 2 aromatic carbocycles. The van der Waals surface area contributed by atoms with Crippen LogP contribution in [0.4, 0.5) is 17.5 Å². The summed E-state index contributed by atoms with van der Waals surface area (Å²) in [6.45, 7) is 5.03. The lowest BCUT2D eigenvalue weighted by Crippen LogP contribution is -2.07. The lowest BCUT2D eigenvalue weighted by Gasteiger charge is -2.10. The molecule has 2 N–H and O–H groups in total. The van der Waals surface area contributed by atoms with Crippen molar-refractivity contribution in [3.05, 3.63) is 77.5 Å². The minimum absolute atomic E-state index is 0.625. The third-order valence-electron chi connectivity index (χ3n) is 4.26. The summed E-state index contributed by atoms with van der Waals surface area (Å²) in [7, 11) is 0. The van der Waals surface area contributed by atoms with E-state index in [-0.39, 0.29) is 0 Å². The predicted molar refractivity (Wildman–Crippen MR) is 109 cm³/mol. The van der Waals surface area contributed by atoms with Crippen molar-refractivity contribution >= 4 is 17.5 Å². The van der Waals surface area contributed by atoms with E-state index in [4.69, 9.17) is 0 Å². The maximum atomic E-state index is 4.58. The quantitative estimate of drug-likeness (QED) is 0.555. The lowest BCUT2D eigenvalue weighted by molar-refractivity contribution is 0.857. The summed E-state index contributed by atoms with van der Waals surface area (Å²) in [5.41, 5.74) is 4.63. The first kappa shape index (κ1) is 17.9. The zero-order valence-corrected chi connectivity index (χ0v) is 15.5. The summed E-state index contributed by atoms with van der Waals surface area (Å²) in [5, 5.41) is 6.70. The Bertz CT molecular complexity index is 813. The van der Waals surface area contributed by atoms with Gasteiger partial charge in [-0.2, -0.15) is 4.98 Å². The Labute approximate surface area is 155 Å². The molecule has 3 aromatic rings. The molecule has 0 aliphatic heterocycles. The van der Waals surface area contributed by atoms with Gasteiger partial charge in [-0.3, -0.25) is 0 Å². The largest absolute Gasteiger partial charge is 0.370 e. The Balaban J connectivity index is 1.56. The summed E-state index contributed by atoms with van der Waals surface area (Å²) in [6, 6.07) is 20.9. The highest BCUT2D eigenvalue weighted by molar-refractivity contribution is 5.55. The average molecular weight is 346 g/mol. The molecule has 3 rings (SSSR count). The van der Waals surface area contributed by atoms with Crippen LogP contribution in [0.25, 0.3) is 0 Å². The molecule has 0 fully saturated rings. The molecule has 134 valence electrons. The third-order valence-corrected chi connectivity index (χ3v) is 4.26. The van der Waals surface area contributed by atoms with Gasteiger partial charge in [-0.15, -0.1) is 0 Å². The number of benzene rings is 2. The second-order valence-electron chi connectivity index (χ2n) is 6.41. The van der Waals surface area contributed by atoms with Crippen molar-refractivity contribution in [2.45, 2.75) is 33.1 Å². The van der Waals surface area contributed by atoms with Gasteiger partial charge < -0.3 is 10.6 Å². The second-order valence-corrected chi connectivity index (χ2v) is 6.41. The van der Waals surface area contributed by atoms with E-state index < -0.39 is 0 Å². The fraction of sp³-hybridized carbons (Fsp3) is 0.273. The van der Waals surface area contributed by atoms with Crippen LogP contribution in [0, 0.1) is 6.92 Å². The number of hydrogen-bond acceptors (Lipinski definition) is 4. The Morgan fingerprint density at radius 1 is 0.885 bits per heavy atom. The zero-order chi connectivity index (χ0) is 18.2. The van der Waals surface area contributed by atoms with Crippen LogP contribution in [0.1, 0.15) is 30.2 Å². The van der Waals surface area contributed by atoms with Crippen LogP contribution in [0.2, 0.25) is 0 Å². The molecule has 0 aliphatic rings. The van der Waals surface area contributed by atoms with Crippen LogP contribution < -0.4 is 10.6 Å². The Kier molecular flexibility index (Phi) is 6.20. The Morgan fingerprint density at radius 3 is 2.38 bits per heavy atom. The standard InChI is InChI=1S/C22H26N4/c1-3-18-11-13-20(14-12-18)25-22-24-17(2)16-21(26-22)23-15-7-10-19-8-5-4-6-9-19/h4-6,8-9,11-14,16H,3,7,10,15H2,1-2H3,(H2,23,24,25,26). The van der Waals surface area contributed by atoms with Gasteiger partial charge in [0.05, 0.1) is 0 Å². The third kappa shape index (κ3) is 5.31. The van der Waals surface area contributed by atoms with Gasteiger partial charge >= 0.3 is 0 Å². The fourth-order valence-electron chi connectivity index (χ4n) is 2.82. The van der Waals surface area contributed by atoms with Crippen LogP contribution >= 0.6 is 0 Å². The number of rotatable bonds is 8. The lowest BCUT2D eigenvalue weighted by atomic mass is 10.1. The molecule has 0 aliphatic carbocycles. The molecule has 0 radical (unpaired) electrons. The molecule has 0 atom stereocenters. The maximum Gasteiger partial charge on any atom is 0.229 e. The maximum absolute atomic E-state index is 4.58. The topological polar surface area (TPSA) is 49.8 Å². The van der Waals surface area contributed by atoms with Crippen molar-refractivity contribution in [1.29, 1.82) is 0 Å². The normalized spacial score (nSPS) is 10.5. The predicted octanol–water partition coefficient (Wildman–Crippen LogP) is 5.14. The fourth-order valence-corrected chi connectivity index (χ4v) is 2.82. The number of aryl methyl sites for hydroxylation is 3.